The number of thiophene rings is 1. The van der Waals surface area contributed by atoms with Gasteiger partial charge in [0.1, 0.15) is 0 Å². The lowest BCUT2D eigenvalue weighted by atomic mass is 9.82. The monoisotopic (exact) mass is 617 g/mol. The van der Waals surface area contributed by atoms with Gasteiger partial charge in [0.15, 0.2) is 0 Å². The summed E-state index contributed by atoms with van der Waals surface area (Å²) < 4.78 is 2.53. The number of nitrogens with zero attached hydrogens (tertiary/aromatic N) is 1. The highest BCUT2D eigenvalue weighted by molar-refractivity contribution is 7.26. The largest absolute Gasteiger partial charge is 0.255 e. The SMILES string of the molecule is C/C(=C\c1c(C)c(-c2ccc3ccccc3c2)c2ccccc2c1-c1ccc2ccccc2c1)c1nccc2c1sc1ccccc12. The van der Waals surface area contributed by atoms with Crippen LogP contribution in [0, 0.1) is 6.92 Å². The summed E-state index contributed by atoms with van der Waals surface area (Å²) in [5.41, 5.74) is 9.71. The zero-order chi connectivity index (χ0) is 31.5. The molecule has 0 radical (unpaired) electrons. The maximum Gasteiger partial charge on any atom is 0.0837 e. The van der Waals surface area contributed by atoms with E-state index in [9.17, 15) is 0 Å². The summed E-state index contributed by atoms with van der Waals surface area (Å²) in [6.07, 6.45) is 4.36. The Kier molecular flexibility index (Phi) is 6.51. The fourth-order valence-corrected chi connectivity index (χ4v) is 8.61. The molecule has 0 atom stereocenters. The van der Waals surface area contributed by atoms with E-state index < -0.39 is 0 Å². The van der Waals surface area contributed by atoms with E-state index in [1.807, 2.05) is 17.5 Å². The molecule has 9 rings (SSSR count). The van der Waals surface area contributed by atoms with Gasteiger partial charge in [-0.3, -0.25) is 4.98 Å². The van der Waals surface area contributed by atoms with Crippen LogP contribution in [-0.2, 0) is 0 Å². The highest BCUT2D eigenvalue weighted by Gasteiger charge is 2.20. The average molecular weight is 618 g/mol. The topological polar surface area (TPSA) is 12.9 Å². The van der Waals surface area contributed by atoms with Crippen LogP contribution >= 0.6 is 11.3 Å². The first-order chi connectivity index (χ1) is 23.1. The Bertz CT molecular complexity index is 2710. The van der Waals surface area contributed by atoms with Crippen LogP contribution in [0.3, 0.4) is 0 Å². The molecule has 0 unspecified atom stereocenters. The van der Waals surface area contributed by atoms with Crippen molar-refractivity contribution in [2.75, 3.05) is 0 Å². The predicted octanol–water partition coefficient (Wildman–Crippen LogP) is 13.1. The van der Waals surface area contributed by atoms with E-state index in [0.29, 0.717) is 0 Å². The van der Waals surface area contributed by atoms with Gasteiger partial charge in [-0.05, 0) is 115 Å². The Morgan fingerprint density at radius 2 is 1.11 bits per heavy atom. The highest BCUT2D eigenvalue weighted by Crippen LogP contribution is 2.45. The molecule has 0 aliphatic rings. The molecule has 0 fully saturated rings. The summed E-state index contributed by atoms with van der Waals surface area (Å²) in [7, 11) is 0. The van der Waals surface area contributed by atoms with Crippen molar-refractivity contribution in [1.82, 2.24) is 4.98 Å². The standard InChI is InChI=1S/C45H31NS/c1-28(44-45-39(23-24-46-44)36-15-9-10-18-41(36)47-45)25-40-29(2)42(34-21-19-30-11-3-5-13-32(30)26-34)37-16-7-8-17-38(37)43(40)35-22-20-31-12-4-6-14-33(31)27-35/h3-27H,1-2H3/b28-25+. The van der Waals surface area contributed by atoms with Crippen molar-refractivity contribution in [3.05, 3.63) is 163 Å². The molecule has 2 heteroatoms. The molecule has 0 aliphatic carbocycles. The Labute approximate surface area is 278 Å². The number of rotatable bonds is 4. The van der Waals surface area contributed by atoms with Gasteiger partial charge in [-0.2, -0.15) is 0 Å². The van der Waals surface area contributed by atoms with E-state index >= 15 is 0 Å². The van der Waals surface area contributed by atoms with Crippen LogP contribution in [0.2, 0.25) is 0 Å². The van der Waals surface area contributed by atoms with E-state index in [0.717, 1.165) is 11.3 Å². The molecule has 222 valence electrons. The molecule has 0 N–H and O–H groups in total. The third kappa shape index (κ3) is 4.56. The number of allylic oxidation sites excluding steroid dienone is 1. The normalized spacial score (nSPS) is 12.2. The lowest BCUT2D eigenvalue weighted by molar-refractivity contribution is 1.31. The Morgan fingerprint density at radius 1 is 0.553 bits per heavy atom. The smallest absolute Gasteiger partial charge is 0.0837 e. The summed E-state index contributed by atoms with van der Waals surface area (Å²) in [6.45, 7) is 4.52. The minimum atomic E-state index is 1.05. The summed E-state index contributed by atoms with van der Waals surface area (Å²) in [5, 5.41) is 10.1. The van der Waals surface area contributed by atoms with Crippen LogP contribution in [0.15, 0.2) is 146 Å². The predicted molar refractivity (Wildman–Crippen MR) is 205 cm³/mol. The average Bonchev–Trinajstić information content (AvgIpc) is 3.50. The van der Waals surface area contributed by atoms with E-state index in [2.05, 4.69) is 159 Å². The molecule has 7 aromatic carbocycles. The first-order valence-electron chi connectivity index (χ1n) is 16.1. The molecular formula is C45H31NS. The second kappa shape index (κ2) is 11.0. The summed E-state index contributed by atoms with van der Waals surface area (Å²) in [6, 6.07) is 50.8. The van der Waals surface area contributed by atoms with E-state index in [-0.39, 0.29) is 0 Å². The van der Waals surface area contributed by atoms with Crippen LogP contribution in [0.5, 0.6) is 0 Å². The van der Waals surface area contributed by atoms with Gasteiger partial charge >= 0.3 is 0 Å². The molecule has 47 heavy (non-hydrogen) atoms. The quantitative estimate of drug-likeness (QED) is 0.191. The fraction of sp³-hybridized carbons (Fsp3) is 0.0444. The van der Waals surface area contributed by atoms with Crippen LogP contribution in [0.4, 0.5) is 0 Å². The van der Waals surface area contributed by atoms with Gasteiger partial charge in [0.25, 0.3) is 0 Å². The Morgan fingerprint density at radius 3 is 1.79 bits per heavy atom. The minimum absolute atomic E-state index is 1.05. The van der Waals surface area contributed by atoms with Crippen molar-refractivity contribution in [2.24, 2.45) is 0 Å². The van der Waals surface area contributed by atoms with Crippen LogP contribution in [0.25, 0.3) is 86.4 Å². The zero-order valence-corrected chi connectivity index (χ0v) is 27.1. The van der Waals surface area contributed by atoms with Crippen molar-refractivity contribution in [2.45, 2.75) is 13.8 Å². The van der Waals surface area contributed by atoms with Crippen LogP contribution in [0.1, 0.15) is 23.7 Å². The molecule has 9 aromatic rings. The molecule has 0 amide bonds. The minimum Gasteiger partial charge on any atom is -0.255 e. The van der Waals surface area contributed by atoms with Crippen molar-refractivity contribution in [3.63, 3.8) is 0 Å². The molecular weight excluding hydrogens is 587 g/mol. The van der Waals surface area contributed by atoms with Gasteiger partial charge in [0.2, 0.25) is 0 Å². The van der Waals surface area contributed by atoms with Crippen molar-refractivity contribution in [1.29, 1.82) is 0 Å². The third-order valence-corrected chi connectivity index (χ3v) is 10.8. The first-order valence-corrected chi connectivity index (χ1v) is 16.9. The number of benzene rings is 7. The Hall–Kier alpha value is -5.57. The molecule has 1 nitrogen and oxygen atoms in total. The maximum absolute atomic E-state index is 4.99. The van der Waals surface area contributed by atoms with Crippen molar-refractivity contribution < 1.29 is 0 Å². The number of hydrogen-bond acceptors (Lipinski definition) is 2. The van der Waals surface area contributed by atoms with Crippen molar-refractivity contribution >= 4 is 75.5 Å². The summed E-state index contributed by atoms with van der Waals surface area (Å²) in [4.78, 5) is 4.99. The molecule has 0 saturated heterocycles. The van der Waals surface area contributed by atoms with Crippen LogP contribution in [-0.4, -0.2) is 4.98 Å². The number of aromatic nitrogens is 1. The molecule has 2 aromatic heterocycles. The lowest BCUT2D eigenvalue weighted by Crippen LogP contribution is -1.97. The second-order valence-corrected chi connectivity index (χ2v) is 13.5. The summed E-state index contributed by atoms with van der Waals surface area (Å²) in [5.74, 6) is 0. The van der Waals surface area contributed by atoms with E-state index in [1.54, 1.807) is 0 Å². The zero-order valence-electron chi connectivity index (χ0n) is 26.3. The van der Waals surface area contributed by atoms with Gasteiger partial charge < -0.3 is 0 Å². The van der Waals surface area contributed by atoms with Gasteiger partial charge in [-0.15, -0.1) is 11.3 Å². The van der Waals surface area contributed by atoms with Gasteiger partial charge in [0, 0.05) is 21.7 Å². The van der Waals surface area contributed by atoms with Gasteiger partial charge in [0.05, 0.1) is 10.4 Å². The molecule has 2 heterocycles. The molecule has 0 spiro atoms. The maximum atomic E-state index is 4.99. The van der Waals surface area contributed by atoms with Gasteiger partial charge in [-0.25, -0.2) is 0 Å². The van der Waals surface area contributed by atoms with E-state index in [1.165, 1.54) is 85.9 Å². The third-order valence-electron chi connectivity index (χ3n) is 9.62. The van der Waals surface area contributed by atoms with Crippen molar-refractivity contribution in [3.8, 4) is 22.3 Å². The molecule has 0 saturated carbocycles. The first kappa shape index (κ1) is 27.7. The number of hydrogen-bond donors (Lipinski definition) is 0. The molecule has 0 bridgehead atoms. The fourth-order valence-electron chi connectivity index (χ4n) is 7.36. The van der Waals surface area contributed by atoms with E-state index in [4.69, 9.17) is 4.98 Å². The van der Waals surface area contributed by atoms with Gasteiger partial charge in [-0.1, -0.05) is 115 Å². The Balaban J connectivity index is 1.37. The number of pyridine rings is 1. The highest BCUT2D eigenvalue weighted by atomic mass is 32.1. The molecule has 0 aliphatic heterocycles. The lowest BCUT2D eigenvalue weighted by Gasteiger charge is -2.21. The number of fused-ring (bicyclic) bond motifs is 6. The summed E-state index contributed by atoms with van der Waals surface area (Å²) >= 11 is 1.83. The van der Waals surface area contributed by atoms with Crippen LogP contribution < -0.4 is 0 Å². The second-order valence-electron chi connectivity index (χ2n) is 12.4.